The largest absolute Gasteiger partial charge is 0.497 e. The van der Waals surface area contributed by atoms with E-state index < -0.39 is 0 Å². The molecule has 2 aromatic rings. The lowest BCUT2D eigenvalue weighted by Crippen LogP contribution is -2.28. The number of aromatic nitrogens is 1. The van der Waals surface area contributed by atoms with Gasteiger partial charge < -0.3 is 15.0 Å². The quantitative estimate of drug-likeness (QED) is 0.937. The Bertz CT molecular complexity index is 758. The third kappa shape index (κ3) is 3.22. The second kappa shape index (κ2) is 6.70. The molecule has 1 aliphatic heterocycles. The van der Waals surface area contributed by atoms with Gasteiger partial charge in [-0.25, -0.2) is 4.98 Å². The van der Waals surface area contributed by atoms with Crippen LogP contribution in [0.1, 0.15) is 12.0 Å². The summed E-state index contributed by atoms with van der Waals surface area (Å²) in [5.41, 5.74) is 1.66. The molecule has 0 aliphatic carbocycles. The van der Waals surface area contributed by atoms with Gasteiger partial charge in [-0.2, -0.15) is 0 Å². The van der Waals surface area contributed by atoms with Crippen LogP contribution < -0.4 is 15.0 Å². The van der Waals surface area contributed by atoms with Gasteiger partial charge in [0.25, 0.3) is 0 Å². The van der Waals surface area contributed by atoms with Crippen LogP contribution in [0, 0.1) is 12.8 Å². The van der Waals surface area contributed by atoms with Crippen LogP contribution in [0.3, 0.4) is 0 Å². The number of methoxy groups -OCH3 is 1. The number of benzene rings is 1. The van der Waals surface area contributed by atoms with Gasteiger partial charge >= 0.3 is 0 Å². The topological polar surface area (TPSA) is 71.5 Å². The molecule has 3 rings (SSSR count). The summed E-state index contributed by atoms with van der Waals surface area (Å²) >= 11 is 0. The van der Waals surface area contributed by atoms with Crippen LogP contribution in [-0.2, 0) is 9.59 Å². The van der Waals surface area contributed by atoms with Crippen molar-refractivity contribution in [2.24, 2.45) is 5.92 Å². The molecular weight excluding hydrogens is 306 g/mol. The Morgan fingerprint density at radius 1 is 1.29 bits per heavy atom. The summed E-state index contributed by atoms with van der Waals surface area (Å²) in [6.45, 7) is 2.24. The number of pyridine rings is 1. The fraction of sp³-hybridized carbons (Fsp3) is 0.278. The lowest BCUT2D eigenvalue weighted by molar-refractivity contribution is -0.122. The number of amides is 2. The van der Waals surface area contributed by atoms with E-state index in [1.165, 1.54) is 0 Å². The summed E-state index contributed by atoms with van der Waals surface area (Å²) in [7, 11) is 1.59. The second-order valence-corrected chi connectivity index (χ2v) is 5.76. The zero-order valence-electron chi connectivity index (χ0n) is 13.7. The van der Waals surface area contributed by atoms with Crippen molar-refractivity contribution < 1.29 is 14.3 Å². The number of nitrogens with one attached hydrogen (secondary N) is 1. The van der Waals surface area contributed by atoms with Crippen molar-refractivity contribution >= 4 is 23.3 Å². The first kappa shape index (κ1) is 16.0. The van der Waals surface area contributed by atoms with Gasteiger partial charge in [-0.1, -0.05) is 6.07 Å². The van der Waals surface area contributed by atoms with Gasteiger partial charge in [0.15, 0.2) is 0 Å². The van der Waals surface area contributed by atoms with Crippen LogP contribution in [0.25, 0.3) is 0 Å². The molecule has 0 saturated carbocycles. The molecule has 1 aliphatic rings. The number of anilines is 2. The highest BCUT2D eigenvalue weighted by atomic mass is 16.5. The van der Waals surface area contributed by atoms with Gasteiger partial charge in [0.1, 0.15) is 11.6 Å². The molecule has 6 nitrogen and oxygen atoms in total. The van der Waals surface area contributed by atoms with Gasteiger partial charge in [0.2, 0.25) is 11.8 Å². The zero-order valence-corrected chi connectivity index (χ0v) is 13.7. The van der Waals surface area contributed by atoms with E-state index in [1.807, 2.05) is 31.2 Å². The fourth-order valence-electron chi connectivity index (χ4n) is 2.73. The fourth-order valence-corrected chi connectivity index (χ4v) is 2.73. The van der Waals surface area contributed by atoms with Crippen LogP contribution in [-0.4, -0.2) is 30.5 Å². The summed E-state index contributed by atoms with van der Waals surface area (Å²) < 4.78 is 5.12. The van der Waals surface area contributed by atoms with Gasteiger partial charge in [0.05, 0.1) is 13.0 Å². The van der Waals surface area contributed by atoms with E-state index in [2.05, 4.69) is 10.3 Å². The van der Waals surface area contributed by atoms with Crippen LogP contribution in [0.4, 0.5) is 11.5 Å². The number of carbonyl (C=O) groups is 2. The van der Waals surface area contributed by atoms with Crippen molar-refractivity contribution in [1.82, 2.24) is 4.98 Å². The molecule has 1 atom stereocenters. The first-order chi connectivity index (χ1) is 11.6. The summed E-state index contributed by atoms with van der Waals surface area (Å²) in [6, 6.07) is 10.9. The van der Waals surface area contributed by atoms with E-state index in [0.717, 1.165) is 17.0 Å². The Morgan fingerprint density at radius 2 is 2.04 bits per heavy atom. The molecule has 124 valence electrons. The Labute approximate surface area is 140 Å². The van der Waals surface area contributed by atoms with Gasteiger partial charge in [-0.3, -0.25) is 9.59 Å². The molecule has 1 N–H and O–H groups in total. The van der Waals surface area contributed by atoms with Crippen LogP contribution in [0.5, 0.6) is 5.75 Å². The molecule has 0 radical (unpaired) electrons. The average Bonchev–Trinajstić information content (AvgIpc) is 2.99. The SMILES string of the molecule is COc1ccc(N2C[C@H](C(=O)Nc3ncccc3C)CC2=O)cc1. The zero-order chi connectivity index (χ0) is 17.1. The van der Waals surface area contributed by atoms with Crippen molar-refractivity contribution in [2.45, 2.75) is 13.3 Å². The number of carbonyl (C=O) groups excluding carboxylic acids is 2. The monoisotopic (exact) mass is 325 g/mol. The highest BCUT2D eigenvalue weighted by Crippen LogP contribution is 2.27. The van der Waals surface area contributed by atoms with Crippen LogP contribution in [0.2, 0.25) is 0 Å². The molecule has 2 amide bonds. The number of ether oxygens (including phenoxy) is 1. The van der Waals surface area contributed by atoms with Gasteiger partial charge in [-0.15, -0.1) is 0 Å². The first-order valence-corrected chi connectivity index (χ1v) is 7.75. The minimum atomic E-state index is -0.388. The number of nitrogens with zero attached hydrogens (tertiary/aromatic N) is 2. The summed E-state index contributed by atoms with van der Waals surface area (Å²) in [5.74, 6) is 0.642. The molecule has 1 fully saturated rings. The van der Waals surface area contributed by atoms with E-state index in [0.29, 0.717) is 12.4 Å². The minimum Gasteiger partial charge on any atom is -0.497 e. The molecule has 0 spiro atoms. The first-order valence-electron chi connectivity index (χ1n) is 7.75. The molecule has 1 saturated heterocycles. The Hall–Kier alpha value is -2.89. The molecule has 6 heteroatoms. The number of hydrogen-bond acceptors (Lipinski definition) is 4. The summed E-state index contributed by atoms with van der Waals surface area (Å²) in [6.07, 6.45) is 1.83. The van der Waals surface area contributed by atoms with E-state index >= 15 is 0 Å². The van der Waals surface area contributed by atoms with Crippen molar-refractivity contribution in [1.29, 1.82) is 0 Å². The number of aryl methyl sites for hydroxylation is 1. The Balaban J connectivity index is 1.69. The highest BCUT2D eigenvalue weighted by Gasteiger charge is 2.35. The molecule has 2 heterocycles. The Kier molecular flexibility index (Phi) is 4.46. The lowest BCUT2D eigenvalue weighted by atomic mass is 10.1. The van der Waals surface area contributed by atoms with Crippen molar-refractivity contribution in [3.63, 3.8) is 0 Å². The summed E-state index contributed by atoms with van der Waals surface area (Å²) in [4.78, 5) is 30.5. The standard InChI is InChI=1S/C18H19N3O3/c1-12-4-3-9-19-17(12)20-18(23)13-10-16(22)21(11-13)14-5-7-15(24-2)8-6-14/h3-9,13H,10-11H2,1-2H3,(H,19,20,23)/t13-/m1/s1. The minimum absolute atomic E-state index is 0.0574. The van der Waals surface area contributed by atoms with E-state index in [4.69, 9.17) is 4.74 Å². The van der Waals surface area contributed by atoms with Crippen molar-refractivity contribution in [2.75, 3.05) is 23.9 Å². The third-order valence-electron chi connectivity index (χ3n) is 4.13. The smallest absolute Gasteiger partial charge is 0.230 e. The molecule has 0 unspecified atom stereocenters. The van der Waals surface area contributed by atoms with Gasteiger partial charge in [-0.05, 0) is 42.8 Å². The predicted octanol–water partition coefficient (Wildman–Crippen LogP) is 2.39. The highest BCUT2D eigenvalue weighted by molar-refractivity contribution is 6.03. The third-order valence-corrected chi connectivity index (χ3v) is 4.13. The maximum Gasteiger partial charge on any atom is 0.230 e. The normalized spacial score (nSPS) is 17.0. The molecule has 1 aromatic heterocycles. The number of rotatable bonds is 4. The molecule has 1 aromatic carbocycles. The van der Waals surface area contributed by atoms with Crippen molar-refractivity contribution in [3.8, 4) is 5.75 Å². The van der Waals surface area contributed by atoms with E-state index in [9.17, 15) is 9.59 Å². The lowest BCUT2D eigenvalue weighted by Gasteiger charge is -2.17. The van der Waals surface area contributed by atoms with Gasteiger partial charge in [0, 0.05) is 24.8 Å². The van der Waals surface area contributed by atoms with Crippen LogP contribution in [0.15, 0.2) is 42.6 Å². The second-order valence-electron chi connectivity index (χ2n) is 5.76. The van der Waals surface area contributed by atoms with E-state index in [1.54, 1.807) is 30.3 Å². The molecular formula is C18H19N3O3. The molecule has 24 heavy (non-hydrogen) atoms. The number of hydrogen-bond donors (Lipinski definition) is 1. The van der Waals surface area contributed by atoms with Crippen molar-refractivity contribution in [3.05, 3.63) is 48.2 Å². The molecule has 0 bridgehead atoms. The maximum atomic E-state index is 12.4. The van der Waals surface area contributed by atoms with E-state index in [-0.39, 0.29) is 24.2 Å². The average molecular weight is 325 g/mol. The predicted molar refractivity (Wildman–Crippen MR) is 91.1 cm³/mol. The Morgan fingerprint density at radius 3 is 2.71 bits per heavy atom. The van der Waals surface area contributed by atoms with Crippen LogP contribution >= 0.6 is 0 Å². The maximum absolute atomic E-state index is 12.4. The summed E-state index contributed by atoms with van der Waals surface area (Å²) in [5, 5.41) is 2.81.